The van der Waals surface area contributed by atoms with Crippen molar-refractivity contribution < 1.29 is 9.59 Å². The second-order valence-corrected chi connectivity index (χ2v) is 4.14. The van der Waals surface area contributed by atoms with Crippen LogP contribution < -0.4 is 5.73 Å². The number of hydrogen-bond donors (Lipinski definition) is 1. The molecule has 3 nitrogen and oxygen atoms in total. The Hall–Kier alpha value is -0.860. The molecular formula is C11H19NO2. The van der Waals surface area contributed by atoms with Crippen LogP contribution in [-0.2, 0) is 9.59 Å². The maximum absolute atomic E-state index is 11.6. The van der Waals surface area contributed by atoms with Gasteiger partial charge in [-0.05, 0) is 18.8 Å². The van der Waals surface area contributed by atoms with Crippen LogP contribution in [0.5, 0.6) is 0 Å². The van der Waals surface area contributed by atoms with E-state index in [1.807, 2.05) is 6.92 Å². The Kier molecular flexibility index (Phi) is 4.11. The lowest BCUT2D eigenvalue weighted by Gasteiger charge is -2.29. The van der Waals surface area contributed by atoms with Gasteiger partial charge < -0.3 is 5.73 Å². The van der Waals surface area contributed by atoms with E-state index in [1.165, 1.54) is 0 Å². The number of hydrogen-bond acceptors (Lipinski definition) is 2. The molecule has 0 aromatic heterocycles. The molecule has 3 heteroatoms. The van der Waals surface area contributed by atoms with E-state index in [2.05, 4.69) is 0 Å². The molecule has 0 heterocycles. The summed E-state index contributed by atoms with van der Waals surface area (Å²) in [4.78, 5) is 22.4. The average molecular weight is 197 g/mol. The van der Waals surface area contributed by atoms with Gasteiger partial charge in [0.15, 0.2) is 0 Å². The van der Waals surface area contributed by atoms with Gasteiger partial charge in [0, 0.05) is 18.8 Å². The van der Waals surface area contributed by atoms with Crippen LogP contribution in [0.1, 0.15) is 45.4 Å². The fourth-order valence-corrected chi connectivity index (χ4v) is 2.40. The molecule has 0 radical (unpaired) electrons. The highest BCUT2D eigenvalue weighted by molar-refractivity contribution is 5.82. The molecule has 1 aliphatic rings. The minimum absolute atomic E-state index is 0.0984. The number of primary amides is 1. The molecule has 0 aliphatic heterocycles. The van der Waals surface area contributed by atoms with E-state index in [0.717, 1.165) is 25.7 Å². The average Bonchev–Trinajstić information content (AvgIpc) is 2.16. The summed E-state index contributed by atoms with van der Waals surface area (Å²) < 4.78 is 0. The van der Waals surface area contributed by atoms with E-state index in [9.17, 15) is 9.59 Å². The molecule has 2 atom stereocenters. The Morgan fingerprint density at radius 2 is 1.93 bits per heavy atom. The smallest absolute Gasteiger partial charge is 0.217 e. The van der Waals surface area contributed by atoms with E-state index in [1.54, 1.807) is 0 Å². The molecule has 0 aromatic carbocycles. The third-order valence-corrected chi connectivity index (χ3v) is 3.13. The van der Waals surface area contributed by atoms with Gasteiger partial charge in [0.1, 0.15) is 5.78 Å². The van der Waals surface area contributed by atoms with Gasteiger partial charge in [0.05, 0.1) is 0 Å². The lowest BCUT2D eigenvalue weighted by atomic mass is 9.75. The molecule has 1 fully saturated rings. The Morgan fingerprint density at radius 3 is 2.50 bits per heavy atom. The van der Waals surface area contributed by atoms with Gasteiger partial charge >= 0.3 is 0 Å². The van der Waals surface area contributed by atoms with E-state index in [4.69, 9.17) is 5.73 Å². The zero-order valence-electron chi connectivity index (χ0n) is 8.79. The number of ketones is 1. The van der Waals surface area contributed by atoms with Crippen molar-refractivity contribution in [3.8, 4) is 0 Å². The summed E-state index contributed by atoms with van der Waals surface area (Å²) in [7, 11) is 0. The Balaban J connectivity index is 2.58. The molecule has 14 heavy (non-hydrogen) atoms. The number of rotatable bonds is 4. The highest BCUT2D eigenvalue weighted by atomic mass is 16.1. The Bertz CT molecular complexity index is 225. The van der Waals surface area contributed by atoms with Crippen molar-refractivity contribution in [2.45, 2.75) is 45.4 Å². The van der Waals surface area contributed by atoms with E-state index >= 15 is 0 Å². The minimum atomic E-state index is -0.272. The molecule has 2 N–H and O–H groups in total. The van der Waals surface area contributed by atoms with Gasteiger partial charge in [-0.1, -0.05) is 19.8 Å². The van der Waals surface area contributed by atoms with Crippen molar-refractivity contribution in [3.63, 3.8) is 0 Å². The van der Waals surface area contributed by atoms with Gasteiger partial charge in [0.25, 0.3) is 0 Å². The Morgan fingerprint density at radius 1 is 1.29 bits per heavy atom. The predicted octanol–water partition coefficient (Wildman–Crippen LogP) is 1.65. The summed E-state index contributed by atoms with van der Waals surface area (Å²) >= 11 is 0. The third-order valence-electron chi connectivity index (χ3n) is 3.13. The summed E-state index contributed by atoms with van der Waals surface area (Å²) in [6.45, 7) is 1.89. The molecule has 1 saturated carbocycles. The van der Waals surface area contributed by atoms with Crippen molar-refractivity contribution in [2.24, 2.45) is 17.6 Å². The minimum Gasteiger partial charge on any atom is -0.370 e. The van der Waals surface area contributed by atoms with Crippen LogP contribution in [-0.4, -0.2) is 11.7 Å². The van der Waals surface area contributed by atoms with Crippen LogP contribution in [0, 0.1) is 11.8 Å². The summed E-state index contributed by atoms with van der Waals surface area (Å²) in [6.07, 6.45) is 5.15. The molecule has 0 bridgehead atoms. The first-order chi connectivity index (χ1) is 6.65. The molecule has 0 spiro atoms. The van der Waals surface area contributed by atoms with Crippen LogP contribution in [0.2, 0.25) is 0 Å². The summed E-state index contributed by atoms with van der Waals surface area (Å²) in [5.41, 5.74) is 5.18. The monoisotopic (exact) mass is 197 g/mol. The molecule has 0 aromatic rings. The zero-order valence-corrected chi connectivity index (χ0v) is 8.79. The summed E-state index contributed by atoms with van der Waals surface area (Å²) in [6, 6.07) is 0. The summed E-state index contributed by atoms with van der Waals surface area (Å²) in [5.74, 6) is 0.344. The van der Waals surface area contributed by atoms with Crippen molar-refractivity contribution in [3.05, 3.63) is 0 Å². The van der Waals surface area contributed by atoms with Gasteiger partial charge in [0.2, 0.25) is 5.91 Å². The van der Waals surface area contributed by atoms with E-state index < -0.39 is 0 Å². The fraction of sp³-hybridized carbons (Fsp3) is 0.818. The van der Waals surface area contributed by atoms with Crippen LogP contribution in [0.15, 0.2) is 0 Å². The molecule has 1 rings (SSSR count). The number of amides is 1. The second-order valence-electron chi connectivity index (χ2n) is 4.14. The van der Waals surface area contributed by atoms with Gasteiger partial charge in [-0.15, -0.1) is 0 Å². The largest absolute Gasteiger partial charge is 0.370 e. The lowest BCUT2D eigenvalue weighted by molar-refractivity contribution is -0.126. The van der Waals surface area contributed by atoms with Gasteiger partial charge in [-0.25, -0.2) is 0 Å². The fourth-order valence-electron chi connectivity index (χ4n) is 2.40. The topological polar surface area (TPSA) is 60.2 Å². The molecule has 0 unspecified atom stereocenters. The zero-order chi connectivity index (χ0) is 10.6. The second kappa shape index (κ2) is 5.13. The maximum Gasteiger partial charge on any atom is 0.217 e. The number of carbonyl (C=O) groups is 2. The Labute approximate surface area is 85.0 Å². The van der Waals surface area contributed by atoms with Crippen LogP contribution in [0.3, 0.4) is 0 Å². The van der Waals surface area contributed by atoms with Crippen molar-refractivity contribution in [1.82, 2.24) is 0 Å². The first-order valence-corrected chi connectivity index (χ1v) is 5.46. The third kappa shape index (κ3) is 2.82. The van der Waals surface area contributed by atoms with E-state index in [-0.39, 0.29) is 17.7 Å². The molecule has 80 valence electrons. The summed E-state index contributed by atoms with van der Waals surface area (Å²) in [5, 5.41) is 0. The quantitative estimate of drug-likeness (QED) is 0.744. The predicted molar refractivity (Wildman–Crippen MR) is 54.6 cm³/mol. The van der Waals surface area contributed by atoms with Crippen LogP contribution >= 0.6 is 0 Å². The van der Waals surface area contributed by atoms with Gasteiger partial charge in [-0.3, -0.25) is 9.59 Å². The molecule has 1 aliphatic carbocycles. The first-order valence-electron chi connectivity index (χ1n) is 5.46. The van der Waals surface area contributed by atoms with Crippen molar-refractivity contribution in [2.75, 3.05) is 0 Å². The first kappa shape index (κ1) is 11.2. The molecule has 0 saturated heterocycles. The van der Waals surface area contributed by atoms with Crippen LogP contribution in [0.25, 0.3) is 0 Å². The van der Waals surface area contributed by atoms with Gasteiger partial charge in [-0.2, -0.15) is 0 Å². The number of Topliss-reactive ketones (excluding diaryl/α,β-unsaturated/α-hetero) is 1. The SMILES string of the molecule is CCC(=O)[C@H]1CCCC[C@H]1CC(N)=O. The highest BCUT2D eigenvalue weighted by Gasteiger charge is 2.30. The van der Waals surface area contributed by atoms with Crippen molar-refractivity contribution >= 4 is 11.7 Å². The highest BCUT2D eigenvalue weighted by Crippen LogP contribution is 2.33. The lowest BCUT2D eigenvalue weighted by Crippen LogP contribution is -2.30. The molecule has 1 amide bonds. The number of nitrogens with two attached hydrogens (primary N) is 1. The normalized spacial score (nSPS) is 27.2. The van der Waals surface area contributed by atoms with Crippen molar-refractivity contribution in [1.29, 1.82) is 0 Å². The molecular weight excluding hydrogens is 178 g/mol. The van der Waals surface area contributed by atoms with E-state index in [0.29, 0.717) is 18.6 Å². The van der Waals surface area contributed by atoms with Crippen LogP contribution in [0.4, 0.5) is 0 Å². The standard InChI is InChI=1S/C11H19NO2/c1-2-10(13)9-6-4-3-5-8(9)7-11(12)14/h8-9H,2-7H2,1H3,(H2,12,14)/t8-,9-/m0/s1. The number of carbonyl (C=O) groups excluding carboxylic acids is 2. The maximum atomic E-state index is 11.6.